The van der Waals surface area contributed by atoms with E-state index in [1.165, 1.54) is 90.1 Å². The molecule has 3 aromatic heterocycles. The molecule has 0 aliphatic carbocycles. The summed E-state index contributed by atoms with van der Waals surface area (Å²) < 4.78 is 7.79. The molecule has 7 aromatic carbocycles. The maximum absolute atomic E-state index is 2.46. The Morgan fingerprint density at radius 1 is 0.422 bits per heavy atom. The molecule has 0 N–H and O–H groups in total. The van der Waals surface area contributed by atoms with Crippen LogP contribution in [-0.2, 0) is 0 Å². The molecule has 0 saturated carbocycles. The third-order valence-corrected chi connectivity index (χ3v) is 11.5. The van der Waals surface area contributed by atoms with Crippen LogP contribution < -0.4 is 0 Å². The van der Waals surface area contributed by atoms with Gasteiger partial charge in [-0.05, 0) is 69.4 Å². The monoisotopic (exact) mass is 607 g/mol. The highest BCUT2D eigenvalue weighted by molar-refractivity contribution is 7.27. The van der Waals surface area contributed by atoms with Gasteiger partial charge in [-0.15, -0.1) is 22.7 Å². The van der Waals surface area contributed by atoms with Gasteiger partial charge in [0.25, 0.3) is 0 Å². The fourth-order valence-electron chi connectivity index (χ4n) is 7.26. The molecule has 0 aliphatic rings. The van der Waals surface area contributed by atoms with Gasteiger partial charge in [-0.3, -0.25) is 0 Å². The predicted molar refractivity (Wildman–Crippen MR) is 197 cm³/mol. The molecule has 210 valence electrons. The molecule has 0 saturated heterocycles. The number of rotatable bonds is 3. The first-order chi connectivity index (χ1) is 22.3. The summed E-state index contributed by atoms with van der Waals surface area (Å²) in [5, 5.41) is 7.95. The van der Waals surface area contributed by atoms with E-state index in [9.17, 15) is 0 Å². The Hall–Kier alpha value is -5.22. The highest BCUT2D eigenvalue weighted by Crippen LogP contribution is 2.48. The van der Waals surface area contributed by atoms with Crippen molar-refractivity contribution in [2.45, 2.75) is 0 Å². The number of hydrogen-bond acceptors (Lipinski definition) is 2. The Morgan fingerprint density at radius 3 is 2.07 bits per heavy atom. The molecule has 1 nitrogen and oxygen atoms in total. The minimum Gasteiger partial charge on any atom is -0.308 e. The molecule has 0 atom stereocenters. The highest BCUT2D eigenvalue weighted by atomic mass is 32.1. The first-order valence-electron chi connectivity index (χ1n) is 15.3. The Morgan fingerprint density at radius 2 is 1.16 bits per heavy atom. The van der Waals surface area contributed by atoms with Gasteiger partial charge in [0.15, 0.2) is 0 Å². The van der Waals surface area contributed by atoms with E-state index in [-0.39, 0.29) is 0 Å². The van der Waals surface area contributed by atoms with Crippen LogP contribution in [0.1, 0.15) is 0 Å². The summed E-state index contributed by atoms with van der Waals surface area (Å²) in [5.41, 5.74) is 8.78. The first-order valence-corrected chi connectivity index (χ1v) is 16.9. The summed E-state index contributed by atoms with van der Waals surface area (Å²) in [4.78, 5) is 0. The van der Waals surface area contributed by atoms with Gasteiger partial charge >= 0.3 is 0 Å². The fourth-order valence-corrected chi connectivity index (χ4v) is 9.67. The number of fused-ring (bicyclic) bond motifs is 10. The van der Waals surface area contributed by atoms with Crippen molar-refractivity contribution in [1.82, 2.24) is 4.57 Å². The molecule has 0 amide bonds. The van der Waals surface area contributed by atoms with E-state index in [0.29, 0.717) is 0 Å². The lowest BCUT2D eigenvalue weighted by Gasteiger charge is -2.13. The SMILES string of the molecule is c1ccc(-n2c3ccccc3c3sc4cccc(-c5ccccc5-c5ccc6c(c5)sc5ccc7ccccc7c56)c4c32)cc1. The van der Waals surface area contributed by atoms with Gasteiger partial charge in [0.1, 0.15) is 0 Å². The van der Waals surface area contributed by atoms with Gasteiger partial charge in [0.2, 0.25) is 0 Å². The fraction of sp³-hybridized carbons (Fsp3) is 0. The minimum absolute atomic E-state index is 1.19. The smallest absolute Gasteiger partial charge is 0.0734 e. The van der Waals surface area contributed by atoms with Crippen LogP contribution in [0.15, 0.2) is 152 Å². The molecule has 3 heteroatoms. The van der Waals surface area contributed by atoms with Crippen LogP contribution in [0, 0.1) is 0 Å². The van der Waals surface area contributed by atoms with E-state index < -0.39 is 0 Å². The highest BCUT2D eigenvalue weighted by Gasteiger charge is 2.21. The maximum atomic E-state index is 2.46. The summed E-state index contributed by atoms with van der Waals surface area (Å²) in [6.45, 7) is 0. The molecule has 0 fully saturated rings. The molecule has 3 heterocycles. The van der Waals surface area contributed by atoms with Crippen molar-refractivity contribution in [3.8, 4) is 27.9 Å². The number of aromatic nitrogens is 1. The molecule has 0 spiro atoms. The number of thiophene rings is 2. The van der Waals surface area contributed by atoms with E-state index in [1.807, 2.05) is 22.7 Å². The summed E-state index contributed by atoms with van der Waals surface area (Å²) in [5.74, 6) is 0. The van der Waals surface area contributed by atoms with Gasteiger partial charge in [0.05, 0.1) is 15.7 Å². The van der Waals surface area contributed by atoms with Gasteiger partial charge in [-0.1, -0.05) is 115 Å². The molecule has 0 unspecified atom stereocenters. The van der Waals surface area contributed by atoms with E-state index in [4.69, 9.17) is 0 Å². The zero-order valence-electron chi connectivity index (χ0n) is 24.2. The van der Waals surface area contributed by atoms with Crippen molar-refractivity contribution in [2.24, 2.45) is 0 Å². The Balaban J connectivity index is 1.24. The van der Waals surface area contributed by atoms with Crippen LogP contribution in [0.5, 0.6) is 0 Å². The van der Waals surface area contributed by atoms with Crippen LogP contribution >= 0.6 is 22.7 Å². The quantitative estimate of drug-likeness (QED) is 0.188. The summed E-state index contributed by atoms with van der Waals surface area (Å²) in [6, 6.07) is 55.7. The minimum atomic E-state index is 1.19. The standard InChI is InChI=1S/C42H25NS2/c1-2-12-28(13-3-1)43-35-19-9-8-17-33(35)42-41(43)40-32(18-10-20-36(40)45-42)31-16-7-6-14-29(31)27-21-23-34-38(25-27)44-37-24-22-26-11-4-5-15-30(26)39(34)37/h1-25H. The number of nitrogens with zero attached hydrogens (tertiary/aromatic N) is 1. The second-order valence-corrected chi connectivity index (χ2v) is 13.8. The van der Waals surface area contributed by atoms with Crippen molar-refractivity contribution < 1.29 is 0 Å². The second-order valence-electron chi connectivity index (χ2n) is 11.7. The zero-order chi connectivity index (χ0) is 29.5. The van der Waals surface area contributed by atoms with Crippen LogP contribution in [0.25, 0.3) is 90.1 Å². The molecule has 0 aliphatic heterocycles. The summed E-state index contributed by atoms with van der Waals surface area (Å²) in [7, 11) is 0. The third-order valence-electron chi connectivity index (χ3n) is 9.21. The number of para-hydroxylation sites is 2. The Labute approximate surface area is 267 Å². The second kappa shape index (κ2) is 9.64. The Bertz CT molecular complexity index is 2760. The van der Waals surface area contributed by atoms with Gasteiger partial charge in [-0.25, -0.2) is 0 Å². The molecule has 0 bridgehead atoms. The third kappa shape index (κ3) is 3.66. The van der Waals surface area contributed by atoms with Crippen LogP contribution in [0.3, 0.4) is 0 Å². The number of hydrogen-bond donors (Lipinski definition) is 0. The first kappa shape index (κ1) is 25.1. The van der Waals surface area contributed by atoms with E-state index in [1.54, 1.807) is 0 Å². The molecular formula is C42H25NS2. The van der Waals surface area contributed by atoms with Crippen LogP contribution in [0.4, 0.5) is 0 Å². The molecule has 45 heavy (non-hydrogen) atoms. The van der Waals surface area contributed by atoms with Crippen molar-refractivity contribution in [1.29, 1.82) is 0 Å². The summed E-state index contributed by atoms with van der Waals surface area (Å²) in [6.07, 6.45) is 0. The lowest BCUT2D eigenvalue weighted by molar-refractivity contribution is 1.19. The topological polar surface area (TPSA) is 4.93 Å². The average Bonchev–Trinajstić information content (AvgIpc) is 3.77. The lowest BCUT2D eigenvalue weighted by Crippen LogP contribution is -1.94. The van der Waals surface area contributed by atoms with E-state index in [0.717, 1.165) is 0 Å². The van der Waals surface area contributed by atoms with Crippen molar-refractivity contribution in [3.63, 3.8) is 0 Å². The van der Waals surface area contributed by atoms with Crippen LogP contribution in [0.2, 0.25) is 0 Å². The largest absolute Gasteiger partial charge is 0.308 e. The predicted octanol–water partition coefficient (Wildman–Crippen LogP) is 12.9. The maximum Gasteiger partial charge on any atom is 0.0734 e. The Kier molecular flexibility index (Phi) is 5.39. The van der Waals surface area contributed by atoms with Crippen LogP contribution in [-0.4, -0.2) is 4.57 Å². The van der Waals surface area contributed by atoms with Gasteiger partial charge < -0.3 is 4.57 Å². The molecular weight excluding hydrogens is 583 g/mol. The van der Waals surface area contributed by atoms with E-state index in [2.05, 4.69) is 156 Å². The average molecular weight is 608 g/mol. The normalized spacial score (nSPS) is 12.0. The molecule has 0 radical (unpaired) electrons. The van der Waals surface area contributed by atoms with Crippen molar-refractivity contribution in [3.05, 3.63) is 152 Å². The zero-order valence-corrected chi connectivity index (χ0v) is 25.8. The lowest BCUT2D eigenvalue weighted by atomic mass is 9.92. The van der Waals surface area contributed by atoms with Gasteiger partial charge in [-0.2, -0.15) is 0 Å². The van der Waals surface area contributed by atoms with Gasteiger partial charge in [0, 0.05) is 41.3 Å². The summed E-state index contributed by atoms with van der Waals surface area (Å²) >= 11 is 3.80. The van der Waals surface area contributed by atoms with Crippen molar-refractivity contribution in [2.75, 3.05) is 0 Å². The van der Waals surface area contributed by atoms with Crippen molar-refractivity contribution >= 4 is 84.8 Å². The number of benzene rings is 7. The molecule has 10 aromatic rings. The van der Waals surface area contributed by atoms with E-state index >= 15 is 0 Å². The molecule has 10 rings (SSSR count).